The monoisotopic (exact) mass is 186 g/mol. The van der Waals surface area contributed by atoms with Crippen molar-refractivity contribution in [3.8, 4) is 0 Å². The van der Waals surface area contributed by atoms with Gasteiger partial charge in [0, 0.05) is 12.3 Å². The van der Waals surface area contributed by atoms with Crippen LogP contribution in [0.4, 0.5) is 0 Å². The third-order valence-corrected chi connectivity index (χ3v) is 3.41. The summed E-state index contributed by atoms with van der Waals surface area (Å²) in [5.41, 5.74) is -0.305. The fraction of sp³-hybridized carbons (Fsp3) is 0.909. The lowest BCUT2D eigenvalue weighted by Gasteiger charge is -2.42. The molecule has 0 aromatic carbocycles. The largest absolute Gasteiger partial charge is 0.459 e. The first-order valence-electron chi connectivity index (χ1n) is 4.98. The second kappa shape index (κ2) is 4.12. The van der Waals surface area contributed by atoms with Gasteiger partial charge in [0.25, 0.3) is 0 Å². The van der Waals surface area contributed by atoms with Crippen LogP contribution in [0.5, 0.6) is 0 Å². The van der Waals surface area contributed by atoms with Crippen LogP contribution < -0.4 is 0 Å². The minimum absolute atomic E-state index is 0.0681. The minimum Gasteiger partial charge on any atom is -0.459 e. The van der Waals surface area contributed by atoms with Gasteiger partial charge in [-0.1, -0.05) is 20.8 Å². The predicted molar refractivity (Wildman–Crippen MR) is 54.5 cm³/mol. The molecule has 78 valence electrons. The van der Waals surface area contributed by atoms with Crippen LogP contribution in [0, 0.1) is 5.41 Å². The van der Waals surface area contributed by atoms with Gasteiger partial charge in [-0.15, -0.1) is 0 Å². The van der Waals surface area contributed by atoms with E-state index in [-0.39, 0.29) is 17.0 Å². The SMILES string of the molecule is CCC(C)(CC)C(C)(C)OC(C)=O. The second-order valence-electron chi connectivity index (χ2n) is 4.37. The number of hydrogen-bond acceptors (Lipinski definition) is 2. The number of ether oxygens (including phenoxy) is 1. The van der Waals surface area contributed by atoms with Gasteiger partial charge in [0.15, 0.2) is 0 Å². The van der Waals surface area contributed by atoms with E-state index in [9.17, 15) is 4.79 Å². The van der Waals surface area contributed by atoms with Crippen molar-refractivity contribution in [2.75, 3.05) is 0 Å². The van der Waals surface area contributed by atoms with Gasteiger partial charge >= 0.3 is 5.97 Å². The average Bonchev–Trinajstić information content (AvgIpc) is 2.00. The highest BCUT2D eigenvalue weighted by Gasteiger charge is 2.40. The number of hydrogen-bond donors (Lipinski definition) is 0. The lowest BCUT2D eigenvalue weighted by Crippen LogP contribution is -2.44. The van der Waals surface area contributed by atoms with Gasteiger partial charge < -0.3 is 4.74 Å². The Morgan fingerprint density at radius 2 is 1.54 bits per heavy atom. The Hall–Kier alpha value is -0.530. The molecular formula is C11H22O2. The third-order valence-electron chi connectivity index (χ3n) is 3.41. The Bertz CT molecular complexity index is 179. The van der Waals surface area contributed by atoms with Crippen LogP contribution in [0.15, 0.2) is 0 Å². The quantitative estimate of drug-likeness (QED) is 0.630. The van der Waals surface area contributed by atoms with Crippen LogP contribution in [0.25, 0.3) is 0 Å². The van der Waals surface area contributed by atoms with E-state index in [1.165, 1.54) is 6.92 Å². The molecule has 0 heterocycles. The Morgan fingerprint density at radius 3 is 1.77 bits per heavy atom. The summed E-state index contributed by atoms with van der Waals surface area (Å²) < 4.78 is 5.35. The van der Waals surface area contributed by atoms with Crippen molar-refractivity contribution in [2.24, 2.45) is 5.41 Å². The molecule has 0 rings (SSSR count). The van der Waals surface area contributed by atoms with Crippen molar-refractivity contribution in [3.63, 3.8) is 0 Å². The summed E-state index contributed by atoms with van der Waals surface area (Å²) in [6.45, 7) is 11.9. The van der Waals surface area contributed by atoms with E-state index in [4.69, 9.17) is 4.74 Å². The molecule has 13 heavy (non-hydrogen) atoms. The number of esters is 1. The maximum atomic E-state index is 10.9. The predicted octanol–water partition coefficient (Wildman–Crippen LogP) is 3.15. The number of carbonyl (C=O) groups is 1. The molecule has 0 atom stereocenters. The minimum atomic E-state index is -0.373. The molecule has 0 aromatic heterocycles. The highest BCUT2D eigenvalue weighted by atomic mass is 16.6. The van der Waals surface area contributed by atoms with Gasteiger partial charge in [0.1, 0.15) is 5.60 Å². The van der Waals surface area contributed by atoms with Crippen LogP contribution in [0.3, 0.4) is 0 Å². The van der Waals surface area contributed by atoms with Crippen LogP contribution >= 0.6 is 0 Å². The number of rotatable bonds is 4. The fourth-order valence-corrected chi connectivity index (χ4v) is 1.58. The van der Waals surface area contributed by atoms with Crippen molar-refractivity contribution in [1.82, 2.24) is 0 Å². The standard InChI is InChI=1S/C11H22O2/c1-7-11(6,8-2)10(4,5)13-9(3)12/h7-8H2,1-6H3. The highest BCUT2D eigenvalue weighted by molar-refractivity contribution is 5.66. The van der Waals surface area contributed by atoms with Gasteiger partial charge in [0.05, 0.1) is 0 Å². The Kier molecular flexibility index (Phi) is 3.95. The molecule has 0 saturated carbocycles. The Morgan fingerprint density at radius 1 is 1.15 bits per heavy atom. The van der Waals surface area contributed by atoms with E-state index in [2.05, 4.69) is 20.8 Å². The molecule has 0 bridgehead atoms. The van der Waals surface area contributed by atoms with Crippen molar-refractivity contribution in [3.05, 3.63) is 0 Å². The molecule has 0 fully saturated rings. The topological polar surface area (TPSA) is 26.3 Å². The van der Waals surface area contributed by atoms with Gasteiger partial charge in [0.2, 0.25) is 0 Å². The molecule has 2 nitrogen and oxygen atoms in total. The molecule has 0 unspecified atom stereocenters. The summed E-state index contributed by atoms with van der Waals surface area (Å²) in [7, 11) is 0. The zero-order valence-corrected chi connectivity index (χ0v) is 9.73. The Balaban J connectivity index is 4.66. The lowest BCUT2D eigenvalue weighted by atomic mass is 9.71. The van der Waals surface area contributed by atoms with Crippen LogP contribution in [-0.4, -0.2) is 11.6 Å². The summed E-state index contributed by atoms with van der Waals surface area (Å²) >= 11 is 0. The number of carbonyl (C=O) groups excluding carboxylic acids is 1. The highest BCUT2D eigenvalue weighted by Crippen LogP contribution is 2.40. The fourth-order valence-electron chi connectivity index (χ4n) is 1.58. The molecule has 0 aromatic rings. The van der Waals surface area contributed by atoms with Gasteiger partial charge in [-0.2, -0.15) is 0 Å². The molecule has 0 saturated heterocycles. The molecule has 0 radical (unpaired) electrons. The van der Waals surface area contributed by atoms with Gasteiger partial charge in [-0.25, -0.2) is 0 Å². The second-order valence-corrected chi connectivity index (χ2v) is 4.37. The maximum Gasteiger partial charge on any atom is 0.303 e. The smallest absolute Gasteiger partial charge is 0.303 e. The molecule has 0 aliphatic carbocycles. The molecule has 0 aliphatic heterocycles. The van der Waals surface area contributed by atoms with Crippen LogP contribution in [0.2, 0.25) is 0 Å². The lowest BCUT2D eigenvalue weighted by molar-refractivity contribution is -0.167. The van der Waals surface area contributed by atoms with E-state index in [0.717, 1.165) is 12.8 Å². The molecule has 0 amide bonds. The van der Waals surface area contributed by atoms with E-state index in [1.807, 2.05) is 13.8 Å². The van der Waals surface area contributed by atoms with E-state index < -0.39 is 0 Å². The summed E-state index contributed by atoms with van der Waals surface area (Å²) in [6, 6.07) is 0. The maximum absolute atomic E-state index is 10.9. The normalized spacial score (nSPS) is 12.8. The molecule has 0 N–H and O–H groups in total. The van der Waals surface area contributed by atoms with Crippen LogP contribution in [-0.2, 0) is 9.53 Å². The third kappa shape index (κ3) is 2.71. The summed E-state index contributed by atoms with van der Waals surface area (Å²) in [6.07, 6.45) is 2.04. The summed E-state index contributed by atoms with van der Waals surface area (Å²) in [5.74, 6) is -0.196. The average molecular weight is 186 g/mol. The zero-order chi connectivity index (χ0) is 10.7. The molecular weight excluding hydrogens is 164 g/mol. The molecule has 0 spiro atoms. The first kappa shape index (κ1) is 12.5. The summed E-state index contributed by atoms with van der Waals surface area (Å²) in [5, 5.41) is 0. The van der Waals surface area contributed by atoms with Crippen molar-refractivity contribution in [1.29, 1.82) is 0 Å². The van der Waals surface area contributed by atoms with E-state index in [1.54, 1.807) is 0 Å². The van der Waals surface area contributed by atoms with Gasteiger partial charge in [-0.3, -0.25) is 4.79 Å². The first-order valence-corrected chi connectivity index (χ1v) is 4.98. The summed E-state index contributed by atoms with van der Waals surface area (Å²) in [4.78, 5) is 10.9. The van der Waals surface area contributed by atoms with Crippen molar-refractivity contribution in [2.45, 2.75) is 60.0 Å². The van der Waals surface area contributed by atoms with Crippen LogP contribution in [0.1, 0.15) is 54.4 Å². The van der Waals surface area contributed by atoms with Crippen molar-refractivity contribution < 1.29 is 9.53 Å². The van der Waals surface area contributed by atoms with E-state index in [0.29, 0.717) is 0 Å². The van der Waals surface area contributed by atoms with Crippen molar-refractivity contribution >= 4 is 5.97 Å². The first-order chi connectivity index (χ1) is 5.79. The molecule has 2 heteroatoms. The van der Waals surface area contributed by atoms with Gasteiger partial charge in [-0.05, 0) is 26.7 Å². The molecule has 0 aliphatic rings. The van der Waals surface area contributed by atoms with E-state index >= 15 is 0 Å². The zero-order valence-electron chi connectivity index (χ0n) is 9.73. The Labute approximate surface area is 81.7 Å².